The van der Waals surface area contributed by atoms with Gasteiger partial charge in [-0.1, -0.05) is 29.8 Å². The van der Waals surface area contributed by atoms with Crippen LogP contribution in [0.2, 0.25) is 0 Å². The van der Waals surface area contributed by atoms with E-state index in [-0.39, 0.29) is 20.0 Å². The van der Waals surface area contributed by atoms with Gasteiger partial charge in [0.15, 0.2) is 0 Å². The van der Waals surface area contributed by atoms with Gasteiger partial charge < -0.3 is 0 Å². The molecule has 0 fully saturated rings. The fourth-order valence-corrected chi connectivity index (χ4v) is 2.36. The Morgan fingerprint density at radius 3 is 2.65 bits per heavy atom. The normalized spacial score (nSPS) is 14.4. The molecule has 0 aromatic heterocycles. The van der Waals surface area contributed by atoms with E-state index in [9.17, 15) is 14.5 Å². The van der Waals surface area contributed by atoms with Crippen LogP contribution in [0, 0.1) is 19.5 Å². The molecule has 1 aromatic carbocycles. The van der Waals surface area contributed by atoms with Gasteiger partial charge in [-0.3, -0.25) is 10.1 Å². The van der Waals surface area contributed by atoms with Gasteiger partial charge in [-0.2, -0.15) is 0 Å². The zero-order valence-electron chi connectivity index (χ0n) is 9.41. The Kier molecular flexibility index (Phi) is 5.30. The standard InChI is InChI=1S/C11H12BrFINO2/c1-3-8(12)6(2)7-4-9(13)10(14)5-11(7)15(16)17/h4-6,8H,3H2,1-2H3. The first-order chi connectivity index (χ1) is 7.88. The second-order valence-corrected chi connectivity index (χ2v) is 6.13. The van der Waals surface area contributed by atoms with Crippen molar-refractivity contribution in [1.82, 2.24) is 0 Å². The number of nitro groups is 1. The van der Waals surface area contributed by atoms with Gasteiger partial charge in [0.25, 0.3) is 5.69 Å². The van der Waals surface area contributed by atoms with Crippen LogP contribution < -0.4 is 0 Å². The third-order valence-corrected chi connectivity index (χ3v) is 4.96. The number of halogens is 3. The first-order valence-electron chi connectivity index (χ1n) is 5.15. The van der Waals surface area contributed by atoms with Gasteiger partial charge in [-0.05, 0) is 35.1 Å². The quantitative estimate of drug-likeness (QED) is 0.312. The van der Waals surface area contributed by atoms with E-state index in [0.29, 0.717) is 5.56 Å². The molecule has 2 atom stereocenters. The average molecular weight is 416 g/mol. The summed E-state index contributed by atoms with van der Waals surface area (Å²) in [4.78, 5) is 10.6. The predicted molar refractivity (Wildman–Crippen MR) is 77.2 cm³/mol. The van der Waals surface area contributed by atoms with Crippen molar-refractivity contribution in [2.45, 2.75) is 31.0 Å². The van der Waals surface area contributed by atoms with Gasteiger partial charge in [0.05, 0.1) is 8.49 Å². The number of alkyl halides is 1. The molecule has 0 heterocycles. The molecular formula is C11H12BrFINO2. The molecule has 0 aliphatic carbocycles. The smallest absolute Gasteiger partial charge is 0.258 e. The van der Waals surface area contributed by atoms with E-state index < -0.39 is 10.7 Å². The second kappa shape index (κ2) is 6.08. The van der Waals surface area contributed by atoms with Gasteiger partial charge in [0.1, 0.15) is 5.82 Å². The lowest BCUT2D eigenvalue weighted by Gasteiger charge is -2.17. The SMILES string of the molecule is CCC(Br)C(C)c1cc(F)c(I)cc1[N+](=O)[O-]. The van der Waals surface area contributed by atoms with Crippen LogP contribution in [0.1, 0.15) is 31.7 Å². The predicted octanol–water partition coefficient (Wildman–Crippen LogP) is 4.62. The van der Waals surface area contributed by atoms with E-state index >= 15 is 0 Å². The van der Waals surface area contributed by atoms with Crippen LogP contribution in [0.5, 0.6) is 0 Å². The maximum absolute atomic E-state index is 13.5. The third kappa shape index (κ3) is 3.37. The summed E-state index contributed by atoms with van der Waals surface area (Å²) in [6, 6.07) is 2.56. The van der Waals surface area contributed by atoms with Crippen LogP contribution in [-0.2, 0) is 0 Å². The van der Waals surface area contributed by atoms with Crippen LogP contribution in [0.25, 0.3) is 0 Å². The van der Waals surface area contributed by atoms with E-state index in [1.165, 1.54) is 12.1 Å². The number of benzene rings is 1. The molecule has 6 heteroatoms. The van der Waals surface area contributed by atoms with Gasteiger partial charge in [-0.15, -0.1) is 0 Å². The largest absolute Gasteiger partial charge is 0.274 e. The summed E-state index contributed by atoms with van der Waals surface area (Å²) >= 11 is 5.22. The van der Waals surface area contributed by atoms with Crippen LogP contribution >= 0.6 is 38.5 Å². The van der Waals surface area contributed by atoms with E-state index in [0.717, 1.165) is 6.42 Å². The number of rotatable bonds is 4. The van der Waals surface area contributed by atoms with Crippen LogP contribution in [0.15, 0.2) is 12.1 Å². The number of hydrogen-bond acceptors (Lipinski definition) is 2. The van der Waals surface area contributed by atoms with Gasteiger partial charge in [0.2, 0.25) is 0 Å². The van der Waals surface area contributed by atoms with Gasteiger partial charge in [0, 0.05) is 22.4 Å². The maximum Gasteiger partial charge on any atom is 0.274 e. The molecule has 0 saturated heterocycles. The van der Waals surface area contributed by atoms with Crippen molar-refractivity contribution in [3.8, 4) is 0 Å². The van der Waals surface area contributed by atoms with Gasteiger partial charge >= 0.3 is 0 Å². The number of nitrogens with zero attached hydrogens (tertiary/aromatic N) is 1. The Bertz CT molecular complexity index is 442. The lowest BCUT2D eigenvalue weighted by Crippen LogP contribution is -2.11. The summed E-state index contributed by atoms with van der Waals surface area (Å²) in [6.45, 7) is 3.84. The molecule has 0 N–H and O–H groups in total. The molecular weight excluding hydrogens is 404 g/mol. The summed E-state index contributed by atoms with van der Waals surface area (Å²) in [7, 11) is 0. The van der Waals surface area contributed by atoms with Crippen LogP contribution in [0.3, 0.4) is 0 Å². The number of hydrogen-bond donors (Lipinski definition) is 0. The van der Waals surface area contributed by atoms with E-state index in [2.05, 4.69) is 15.9 Å². The molecule has 3 nitrogen and oxygen atoms in total. The van der Waals surface area contributed by atoms with Crippen molar-refractivity contribution in [3.63, 3.8) is 0 Å². The van der Waals surface area contributed by atoms with Crippen molar-refractivity contribution in [2.75, 3.05) is 0 Å². The van der Waals surface area contributed by atoms with Gasteiger partial charge in [-0.25, -0.2) is 4.39 Å². The summed E-state index contributed by atoms with van der Waals surface area (Å²) < 4.78 is 13.8. The highest BCUT2D eigenvalue weighted by Gasteiger charge is 2.25. The molecule has 0 radical (unpaired) electrons. The van der Waals surface area contributed by atoms with E-state index in [1.54, 1.807) is 22.6 Å². The second-order valence-electron chi connectivity index (χ2n) is 3.80. The molecule has 17 heavy (non-hydrogen) atoms. The Balaban J connectivity index is 3.30. The third-order valence-electron chi connectivity index (χ3n) is 2.69. The lowest BCUT2D eigenvalue weighted by atomic mass is 9.95. The van der Waals surface area contributed by atoms with Crippen molar-refractivity contribution in [2.24, 2.45) is 0 Å². The first kappa shape index (κ1) is 14.8. The fraction of sp³-hybridized carbons (Fsp3) is 0.455. The number of nitro benzene ring substituents is 1. The highest BCUT2D eigenvalue weighted by molar-refractivity contribution is 14.1. The zero-order valence-corrected chi connectivity index (χ0v) is 13.2. The molecule has 0 aliphatic rings. The van der Waals surface area contributed by atoms with Crippen molar-refractivity contribution in [1.29, 1.82) is 0 Å². The maximum atomic E-state index is 13.5. The molecule has 2 unspecified atom stereocenters. The average Bonchev–Trinajstić information content (AvgIpc) is 2.29. The van der Waals surface area contributed by atoms with Crippen molar-refractivity contribution >= 4 is 44.2 Å². The minimum absolute atomic E-state index is 0.0128. The van der Waals surface area contributed by atoms with Crippen molar-refractivity contribution < 1.29 is 9.31 Å². The Hall–Kier alpha value is -0.240. The van der Waals surface area contributed by atoms with E-state index in [4.69, 9.17) is 0 Å². The summed E-state index contributed by atoms with van der Waals surface area (Å²) in [5, 5.41) is 11.0. The van der Waals surface area contributed by atoms with Crippen molar-refractivity contribution in [3.05, 3.63) is 37.2 Å². The molecule has 0 bridgehead atoms. The summed E-state index contributed by atoms with van der Waals surface area (Å²) in [6.07, 6.45) is 0.825. The molecule has 1 rings (SSSR count). The molecule has 0 spiro atoms. The Labute approximate surface area is 121 Å². The topological polar surface area (TPSA) is 43.1 Å². The Morgan fingerprint density at radius 1 is 1.59 bits per heavy atom. The molecule has 0 amide bonds. The monoisotopic (exact) mass is 415 g/mol. The highest BCUT2D eigenvalue weighted by atomic mass is 127. The molecule has 0 saturated carbocycles. The first-order valence-corrected chi connectivity index (χ1v) is 7.15. The van der Waals surface area contributed by atoms with E-state index in [1.807, 2.05) is 13.8 Å². The summed E-state index contributed by atoms with van der Waals surface area (Å²) in [5.41, 5.74) is 0.429. The minimum Gasteiger partial charge on any atom is -0.258 e. The lowest BCUT2D eigenvalue weighted by molar-refractivity contribution is -0.385. The minimum atomic E-state index is -0.456. The fourth-order valence-electron chi connectivity index (χ4n) is 1.62. The molecule has 1 aromatic rings. The zero-order chi connectivity index (χ0) is 13.2. The van der Waals surface area contributed by atoms with Crippen LogP contribution in [-0.4, -0.2) is 9.75 Å². The highest BCUT2D eigenvalue weighted by Crippen LogP contribution is 2.35. The summed E-state index contributed by atoms with van der Waals surface area (Å²) in [5.74, 6) is -0.513. The van der Waals surface area contributed by atoms with Crippen LogP contribution in [0.4, 0.5) is 10.1 Å². The molecule has 0 aliphatic heterocycles. The molecule has 94 valence electrons. The Morgan fingerprint density at radius 2 is 2.18 bits per heavy atom.